The number of hydrogen-bond donors (Lipinski definition) is 3. The number of halogens is 1. The fourth-order valence-corrected chi connectivity index (χ4v) is 14.3. The van der Waals surface area contributed by atoms with Crippen LogP contribution in [0, 0.1) is 56.2 Å². The average Bonchev–Trinajstić information content (AvgIpc) is 3.39. The van der Waals surface area contributed by atoms with Gasteiger partial charge in [-0.05, 0) is 173 Å². The van der Waals surface area contributed by atoms with Crippen molar-refractivity contribution >= 4 is 5.97 Å². The summed E-state index contributed by atoms with van der Waals surface area (Å²) in [4.78, 5) is 12.0. The highest BCUT2D eigenvalue weighted by atomic mass is 19.1. The van der Waals surface area contributed by atoms with Crippen LogP contribution in [0.25, 0.3) is 0 Å². The quantitative estimate of drug-likeness (QED) is 0.226. The van der Waals surface area contributed by atoms with E-state index in [2.05, 4.69) is 72.5 Å². The van der Waals surface area contributed by atoms with Crippen molar-refractivity contribution in [2.45, 2.75) is 157 Å². The normalized spacial score (nSPS) is 46.7. The molecule has 0 spiro atoms. The van der Waals surface area contributed by atoms with Gasteiger partial charge in [0, 0.05) is 5.54 Å². The first-order valence-corrected chi connectivity index (χ1v) is 19.5. The van der Waals surface area contributed by atoms with Gasteiger partial charge in [-0.3, -0.25) is 4.79 Å². The van der Waals surface area contributed by atoms with Gasteiger partial charge in [-0.15, -0.1) is 0 Å². The van der Waals surface area contributed by atoms with Crippen LogP contribution in [0.3, 0.4) is 0 Å². The molecular formula is C43H68FNO3. The number of fused-ring (bicyclic) bond motifs is 7. The van der Waals surface area contributed by atoms with Gasteiger partial charge in [0.05, 0.1) is 11.0 Å². The van der Waals surface area contributed by atoms with Crippen LogP contribution >= 0.6 is 0 Å². The molecule has 48 heavy (non-hydrogen) atoms. The van der Waals surface area contributed by atoms with Crippen molar-refractivity contribution in [2.75, 3.05) is 13.2 Å². The fourth-order valence-electron chi connectivity index (χ4n) is 14.3. The Morgan fingerprint density at radius 1 is 0.938 bits per heavy atom. The Kier molecular flexibility index (Phi) is 8.72. The van der Waals surface area contributed by atoms with Crippen LogP contribution in [0.5, 0.6) is 0 Å². The lowest BCUT2D eigenvalue weighted by Crippen LogP contribution is -2.71. The fraction of sp³-hybridized carbons (Fsp3) is 0.837. The molecule has 0 heterocycles. The third-order valence-electron chi connectivity index (χ3n) is 17.3. The van der Waals surface area contributed by atoms with Crippen LogP contribution in [0.15, 0.2) is 35.5 Å². The standard InChI is InChI=1S/C43H68FNO3/c1-28(2)30-13-22-43(45-26-25-36(3,4)48)24-23-41(10)39(8)18-15-32-37(5,6)31(29-11-20-42(27-44,21-12-29)35(46)47)14-17-38(32,7)33(39)16-19-40(41,9)34(30)43/h11,14,30,32-34,45,48H,1,12-13,15-27H2,2-10H3,(H,46,47)/t30-,32-,33+,34+,38-,39+,40+,41-,42-,43-/m0/s1. The van der Waals surface area contributed by atoms with Gasteiger partial charge in [-0.1, -0.05) is 65.8 Å². The molecule has 4 fully saturated rings. The van der Waals surface area contributed by atoms with E-state index in [9.17, 15) is 19.4 Å². The van der Waals surface area contributed by atoms with Gasteiger partial charge in [0.15, 0.2) is 0 Å². The second kappa shape index (κ2) is 11.5. The van der Waals surface area contributed by atoms with E-state index in [1.807, 2.05) is 13.8 Å². The SMILES string of the molecule is C=C(C)[C@@H]1CC[C@]2(NCCC(C)(C)O)CC[C@@]3(C)[C@]4(C)CC[C@H]5C(C)(C)C(C6=CC[C@](CF)(C(=O)O)CC6)=CC[C@]5(C)[C@H]4CC[C@]3(C)[C@@H]12. The Hall–Kier alpha value is -1.46. The summed E-state index contributed by atoms with van der Waals surface area (Å²) < 4.78 is 14.0. The number of carboxylic acids is 1. The van der Waals surface area contributed by atoms with Crippen molar-refractivity contribution in [3.63, 3.8) is 0 Å². The molecule has 0 unspecified atom stereocenters. The number of allylic oxidation sites excluding steroid dienone is 5. The number of rotatable bonds is 8. The van der Waals surface area contributed by atoms with Crippen LogP contribution in [0.2, 0.25) is 0 Å². The molecule has 4 nitrogen and oxygen atoms in total. The number of aliphatic hydroxyl groups is 1. The first-order valence-electron chi connectivity index (χ1n) is 19.5. The molecule has 0 radical (unpaired) electrons. The molecule has 0 saturated heterocycles. The summed E-state index contributed by atoms with van der Waals surface area (Å²) in [6.07, 6.45) is 17.7. The van der Waals surface area contributed by atoms with Gasteiger partial charge in [0.1, 0.15) is 6.67 Å². The third kappa shape index (κ3) is 4.95. The number of aliphatic carboxylic acids is 1. The van der Waals surface area contributed by atoms with Crippen molar-refractivity contribution in [2.24, 2.45) is 56.2 Å². The average molecular weight is 666 g/mol. The number of carboxylic acid groups (broad SMARTS) is 1. The lowest BCUT2D eigenvalue weighted by Gasteiger charge is -2.76. The van der Waals surface area contributed by atoms with Gasteiger partial charge in [0.2, 0.25) is 0 Å². The molecule has 0 amide bonds. The van der Waals surface area contributed by atoms with E-state index >= 15 is 0 Å². The summed E-state index contributed by atoms with van der Waals surface area (Å²) in [5.41, 5.74) is 3.09. The maximum atomic E-state index is 14.0. The Morgan fingerprint density at radius 3 is 2.19 bits per heavy atom. The molecule has 6 aliphatic rings. The van der Waals surface area contributed by atoms with Gasteiger partial charge in [-0.25, -0.2) is 4.39 Å². The van der Waals surface area contributed by atoms with Crippen molar-refractivity contribution in [1.29, 1.82) is 0 Å². The highest BCUT2D eigenvalue weighted by Crippen LogP contribution is 2.80. The second-order valence-electron chi connectivity index (χ2n) is 20.2. The predicted octanol–water partition coefficient (Wildman–Crippen LogP) is 10.2. The van der Waals surface area contributed by atoms with Crippen LogP contribution < -0.4 is 5.32 Å². The zero-order valence-corrected chi connectivity index (χ0v) is 32.0. The van der Waals surface area contributed by atoms with Crippen molar-refractivity contribution in [3.8, 4) is 0 Å². The Bertz CT molecular complexity index is 1390. The van der Waals surface area contributed by atoms with E-state index < -0.39 is 23.7 Å². The molecular weight excluding hydrogens is 597 g/mol. The molecule has 3 N–H and O–H groups in total. The van der Waals surface area contributed by atoms with Gasteiger partial charge in [-0.2, -0.15) is 0 Å². The van der Waals surface area contributed by atoms with E-state index in [0.717, 1.165) is 19.4 Å². The topological polar surface area (TPSA) is 69.6 Å². The summed E-state index contributed by atoms with van der Waals surface area (Å²) in [7, 11) is 0. The highest BCUT2D eigenvalue weighted by Gasteiger charge is 2.74. The Morgan fingerprint density at radius 2 is 1.60 bits per heavy atom. The minimum atomic E-state index is -1.25. The molecule has 5 heteroatoms. The molecule has 0 aromatic carbocycles. The second-order valence-corrected chi connectivity index (χ2v) is 20.2. The molecule has 270 valence electrons. The predicted molar refractivity (Wildman–Crippen MR) is 194 cm³/mol. The maximum absolute atomic E-state index is 14.0. The lowest BCUT2D eigenvalue weighted by molar-refractivity contribution is -0.257. The molecule has 10 atom stereocenters. The molecule has 6 aliphatic carbocycles. The highest BCUT2D eigenvalue weighted by molar-refractivity contribution is 5.75. The molecule has 0 aromatic heterocycles. The van der Waals surface area contributed by atoms with E-state index in [4.69, 9.17) is 0 Å². The summed E-state index contributed by atoms with van der Waals surface area (Å²) in [6.45, 7) is 26.4. The van der Waals surface area contributed by atoms with Crippen LogP contribution in [-0.2, 0) is 4.79 Å². The Balaban J connectivity index is 1.33. The van der Waals surface area contributed by atoms with Crippen LogP contribution in [0.1, 0.15) is 146 Å². The van der Waals surface area contributed by atoms with Gasteiger partial charge >= 0.3 is 5.97 Å². The zero-order chi connectivity index (χ0) is 35.3. The minimum Gasteiger partial charge on any atom is -0.481 e. The summed E-state index contributed by atoms with van der Waals surface area (Å²) in [5, 5.41) is 24.5. The first-order chi connectivity index (χ1) is 22.2. The smallest absolute Gasteiger partial charge is 0.312 e. The lowest BCUT2D eigenvalue weighted by atomic mass is 9.29. The van der Waals surface area contributed by atoms with Crippen molar-refractivity contribution in [3.05, 3.63) is 35.5 Å². The van der Waals surface area contributed by atoms with Crippen LogP contribution in [-0.4, -0.2) is 40.5 Å². The zero-order valence-electron chi connectivity index (χ0n) is 32.0. The summed E-state index contributed by atoms with van der Waals surface area (Å²) >= 11 is 0. The summed E-state index contributed by atoms with van der Waals surface area (Å²) in [6, 6.07) is 0. The number of carbonyl (C=O) groups is 1. The van der Waals surface area contributed by atoms with E-state index in [1.54, 1.807) is 0 Å². The van der Waals surface area contributed by atoms with E-state index in [-0.39, 0.29) is 32.6 Å². The van der Waals surface area contributed by atoms with Crippen molar-refractivity contribution < 1.29 is 19.4 Å². The largest absolute Gasteiger partial charge is 0.481 e. The monoisotopic (exact) mass is 666 g/mol. The molecule has 0 aliphatic heterocycles. The molecule has 0 aromatic rings. The van der Waals surface area contributed by atoms with E-state index in [0.29, 0.717) is 42.9 Å². The van der Waals surface area contributed by atoms with Crippen LogP contribution in [0.4, 0.5) is 4.39 Å². The minimum absolute atomic E-state index is 0.0105. The first kappa shape index (κ1) is 36.3. The van der Waals surface area contributed by atoms with Gasteiger partial charge < -0.3 is 15.5 Å². The molecule has 6 rings (SSSR count). The number of nitrogens with one attached hydrogen (secondary N) is 1. The molecule has 4 saturated carbocycles. The van der Waals surface area contributed by atoms with Gasteiger partial charge in [0.25, 0.3) is 0 Å². The summed E-state index contributed by atoms with van der Waals surface area (Å²) in [5.74, 6) is 1.31. The van der Waals surface area contributed by atoms with E-state index in [1.165, 1.54) is 68.1 Å². The third-order valence-corrected chi connectivity index (χ3v) is 17.3. The Labute approximate surface area is 291 Å². The van der Waals surface area contributed by atoms with Crippen molar-refractivity contribution in [1.82, 2.24) is 5.32 Å². The number of hydrogen-bond acceptors (Lipinski definition) is 3. The maximum Gasteiger partial charge on any atom is 0.312 e. The number of alkyl halides is 1. The molecule has 0 bridgehead atoms.